The maximum absolute atomic E-state index is 14.3. The van der Waals surface area contributed by atoms with E-state index in [1.54, 1.807) is 26.2 Å². The Hall–Kier alpha value is -5.69. The Morgan fingerprint density at radius 3 is 2.60 bits per heavy atom. The number of nitrogens with one attached hydrogen (secondary N) is 3. The van der Waals surface area contributed by atoms with Crippen molar-refractivity contribution in [1.82, 2.24) is 24.9 Å². The van der Waals surface area contributed by atoms with Gasteiger partial charge < -0.3 is 39.5 Å². The molecule has 1 spiro atoms. The molecule has 6 aromatic rings. The summed E-state index contributed by atoms with van der Waals surface area (Å²) in [6, 6.07) is 15.6. The summed E-state index contributed by atoms with van der Waals surface area (Å²) in [5, 5.41) is 21.5. The number of aromatic nitrogens is 3. The fraction of sp³-hybridized carbons (Fsp3) is 0.333. The molecule has 0 saturated carbocycles. The van der Waals surface area contributed by atoms with Gasteiger partial charge in [0.25, 0.3) is 13.4 Å². The van der Waals surface area contributed by atoms with Crippen LogP contribution >= 0.6 is 7.52 Å². The van der Waals surface area contributed by atoms with Gasteiger partial charge in [-0.1, -0.05) is 70.2 Å². The Labute approximate surface area is 327 Å². The molecule has 2 unspecified atom stereocenters. The number of carbonyl (C=O) groups is 2. The number of benzene rings is 3. The lowest BCUT2D eigenvalue weighted by atomic mass is 9.72. The van der Waals surface area contributed by atoms with Crippen LogP contribution in [0.25, 0.3) is 44.9 Å². The molecule has 14 nitrogen and oxygen atoms in total. The Bertz CT molecular complexity index is 2740. The number of oxazole rings is 2. The van der Waals surface area contributed by atoms with E-state index < -0.39 is 48.7 Å². The van der Waals surface area contributed by atoms with Gasteiger partial charge in [0.15, 0.2) is 23.4 Å². The van der Waals surface area contributed by atoms with E-state index in [0.29, 0.717) is 39.4 Å². The molecule has 7 heterocycles. The second kappa shape index (κ2) is 12.2. The van der Waals surface area contributed by atoms with Gasteiger partial charge >= 0.3 is 0 Å². The van der Waals surface area contributed by atoms with Crippen molar-refractivity contribution in [1.29, 1.82) is 0 Å². The normalized spacial score (nSPS) is 22.5. The lowest BCUT2D eigenvalue weighted by Crippen LogP contribution is -2.55. The second-order valence-corrected chi connectivity index (χ2v) is 18.0. The van der Waals surface area contributed by atoms with Gasteiger partial charge in [0, 0.05) is 52.6 Å². The van der Waals surface area contributed by atoms with Crippen LogP contribution in [0, 0.1) is 5.92 Å². The minimum Gasteiger partial charge on any atom is -0.469 e. The monoisotopic (exact) mass is 788 g/mol. The second-order valence-electron chi connectivity index (χ2n) is 15.9. The molecule has 0 aliphatic carbocycles. The Morgan fingerprint density at radius 1 is 1.07 bits per heavy atom. The summed E-state index contributed by atoms with van der Waals surface area (Å²) in [6.45, 7) is 8.64. The van der Waals surface area contributed by atoms with Gasteiger partial charge in [0.05, 0.1) is 11.7 Å². The number of rotatable bonds is 6. The molecule has 4 aliphatic heterocycles. The van der Waals surface area contributed by atoms with E-state index in [0.717, 1.165) is 33.5 Å². The average Bonchev–Trinajstić information content (AvgIpc) is 4.01. The van der Waals surface area contributed by atoms with Crippen LogP contribution in [0.15, 0.2) is 75.8 Å². The Balaban J connectivity index is 1.28. The van der Waals surface area contributed by atoms with Crippen LogP contribution in [0.4, 0.5) is 5.69 Å². The minimum atomic E-state index is -3.82. The molecule has 292 valence electrons. The number of anilines is 1. The van der Waals surface area contributed by atoms with Gasteiger partial charge in [-0.2, -0.15) is 0 Å². The maximum atomic E-state index is 14.3. The summed E-state index contributed by atoms with van der Waals surface area (Å²) in [4.78, 5) is 48.7. The molecule has 5 N–H and O–H groups in total. The number of fused-ring (bicyclic) bond motifs is 7. The zero-order chi connectivity index (χ0) is 39.8. The SMILES string of the molecule is CCC(O)(CC)C(=O)N[C@H]1Cc2ccc3c(c2)C24c5cccc(c5N[C@H]2O3)-c2cccc3c2c(cn3P(C)(=O)O)-c2cnc(o2)-c2nc(oc24)[C@H](C(C)C)NC1=O. The molecule has 10 rings (SSSR count). The topological polar surface area (TPSA) is 194 Å². The third kappa shape index (κ3) is 4.93. The summed E-state index contributed by atoms with van der Waals surface area (Å²) in [6.07, 6.45) is 2.96. The highest BCUT2D eigenvalue weighted by atomic mass is 31.2. The number of aliphatic hydroxyl groups is 1. The molecular formula is C42H41N6O8P. The van der Waals surface area contributed by atoms with Gasteiger partial charge in [-0.05, 0) is 42.0 Å². The molecule has 3 aromatic heterocycles. The van der Waals surface area contributed by atoms with E-state index >= 15 is 0 Å². The molecule has 0 saturated heterocycles. The van der Waals surface area contributed by atoms with Crippen molar-refractivity contribution in [3.63, 3.8) is 0 Å². The number of carbonyl (C=O) groups excluding carboxylic acids is 2. The first kappa shape index (κ1) is 35.7. The van der Waals surface area contributed by atoms with E-state index in [1.807, 2.05) is 68.4 Å². The fourth-order valence-electron chi connectivity index (χ4n) is 9.11. The number of para-hydroxylation sites is 1. The van der Waals surface area contributed by atoms with Crippen LogP contribution in [0.1, 0.15) is 74.9 Å². The molecule has 10 bridgehead atoms. The zero-order valence-electron chi connectivity index (χ0n) is 31.9. The van der Waals surface area contributed by atoms with Crippen molar-refractivity contribution < 1.29 is 37.7 Å². The summed E-state index contributed by atoms with van der Waals surface area (Å²) in [5.41, 5.74) is 3.36. The summed E-state index contributed by atoms with van der Waals surface area (Å²) < 4.78 is 35.1. The van der Waals surface area contributed by atoms with Crippen LogP contribution in [0.3, 0.4) is 0 Å². The zero-order valence-corrected chi connectivity index (χ0v) is 32.8. The molecule has 3 aromatic carbocycles. The third-order valence-electron chi connectivity index (χ3n) is 12.2. The molecular weight excluding hydrogens is 747 g/mol. The highest BCUT2D eigenvalue weighted by molar-refractivity contribution is 7.55. The lowest BCUT2D eigenvalue weighted by molar-refractivity contribution is -0.143. The molecule has 15 heteroatoms. The number of ether oxygens (including phenoxy) is 1. The highest BCUT2D eigenvalue weighted by Crippen LogP contribution is 2.62. The quantitative estimate of drug-likeness (QED) is 0.116. The van der Waals surface area contributed by atoms with E-state index in [9.17, 15) is 24.2 Å². The van der Waals surface area contributed by atoms with Crippen molar-refractivity contribution in [3.8, 4) is 39.8 Å². The minimum absolute atomic E-state index is 0.122. The molecule has 2 amide bonds. The van der Waals surface area contributed by atoms with Gasteiger partial charge in [-0.3, -0.25) is 18.5 Å². The van der Waals surface area contributed by atoms with Crippen LogP contribution in [-0.4, -0.2) is 60.7 Å². The predicted octanol–water partition coefficient (Wildman–Crippen LogP) is 6.48. The van der Waals surface area contributed by atoms with Crippen molar-refractivity contribution in [2.24, 2.45) is 5.92 Å². The highest BCUT2D eigenvalue weighted by Gasteiger charge is 2.61. The van der Waals surface area contributed by atoms with E-state index in [1.165, 1.54) is 11.0 Å². The Morgan fingerprint density at radius 2 is 1.84 bits per heavy atom. The van der Waals surface area contributed by atoms with Gasteiger partial charge in [0.2, 0.25) is 17.7 Å². The van der Waals surface area contributed by atoms with Gasteiger partial charge in [-0.25, -0.2) is 9.97 Å². The predicted molar refractivity (Wildman–Crippen MR) is 211 cm³/mol. The first-order valence-corrected chi connectivity index (χ1v) is 21.3. The third-order valence-corrected chi connectivity index (χ3v) is 13.4. The molecule has 0 radical (unpaired) electrons. The summed E-state index contributed by atoms with van der Waals surface area (Å²) in [7, 11) is -3.82. The van der Waals surface area contributed by atoms with Crippen molar-refractivity contribution in [3.05, 3.63) is 95.3 Å². The number of hydrogen-bond acceptors (Lipinski definition) is 10. The number of amides is 2. The van der Waals surface area contributed by atoms with Crippen LogP contribution in [0.5, 0.6) is 5.75 Å². The van der Waals surface area contributed by atoms with Crippen molar-refractivity contribution in [2.75, 3.05) is 12.0 Å². The lowest BCUT2D eigenvalue weighted by Gasteiger charge is -2.30. The number of nitrogens with zero attached hydrogens (tertiary/aromatic N) is 3. The maximum Gasteiger partial charge on any atom is 0.294 e. The van der Waals surface area contributed by atoms with Crippen LogP contribution in [-0.2, 0) is 26.0 Å². The number of hydrogen-bond donors (Lipinski definition) is 5. The van der Waals surface area contributed by atoms with Crippen molar-refractivity contribution >= 4 is 35.9 Å². The summed E-state index contributed by atoms with van der Waals surface area (Å²) >= 11 is 0. The average molecular weight is 789 g/mol. The first-order valence-electron chi connectivity index (χ1n) is 19.2. The molecule has 5 atom stereocenters. The summed E-state index contributed by atoms with van der Waals surface area (Å²) in [5.74, 6) is 0.383. The van der Waals surface area contributed by atoms with Gasteiger partial charge in [-0.15, -0.1) is 0 Å². The molecule has 4 aliphatic rings. The van der Waals surface area contributed by atoms with Crippen molar-refractivity contribution in [2.45, 2.75) is 76.3 Å². The molecule has 57 heavy (non-hydrogen) atoms. The van der Waals surface area contributed by atoms with E-state index in [2.05, 4.69) is 16.0 Å². The standard InChI is InChI=1S/C42H41N6O8P/c1-6-41(51,7-2)39(50)44-27-17-21-14-15-29-26(16-21)42-25-12-8-11-23(33(25)47-40(42)55-29)22-10-9-13-28-31(22)24(19-48(28)57(5,52)53)30-18-43-37(54-30)34-35(42)56-38(46-34)32(20(3)4)45-36(27)49/h8-16,18-20,27,32,40,47,51H,6-7,17H2,1-5H3,(H,44,50)(H,45,49)(H,52,53)/t27-,32-,40-,42?/m0/s1. The van der Waals surface area contributed by atoms with Crippen LogP contribution in [0.2, 0.25) is 0 Å². The molecule has 0 fully saturated rings. The van der Waals surface area contributed by atoms with E-state index in [-0.39, 0.29) is 37.0 Å². The van der Waals surface area contributed by atoms with E-state index in [4.69, 9.17) is 23.5 Å². The Kier molecular flexibility index (Phi) is 7.62. The smallest absolute Gasteiger partial charge is 0.294 e. The fourth-order valence-corrected chi connectivity index (χ4v) is 10.0. The van der Waals surface area contributed by atoms with Crippen LogP contribution < -0.4 is 20.7 Å². The van der Waals surface area contributed by atoms with Gasteiger partial charge in [0.1, 0.15) is 28.8 Å². The first-order chi connectivity index (χ1) is 27.3. The largest absolute Gasteiger partial charge is 0.469 e.